The molecule has 0 spiro atoms. The Morgan fingerprint density at radius 2 is 1.86 bits per heavy atom. The van der Waals surface area contributed by atoms with Crippen LogP contribution in [0.15, 0.2) is 24.3 Å². The van der Waals surface area contributed by atoms with Gasteiger partial charge in [-0.3, -0.25) is 14.4 Å². The van der Waals surface area contributed by atoms with Crippen LogP contribution in [0, 0.1) is 5.92 Å². The van der Waals surface area contributed by atoms with E-state index >= 15 is 0 Å². The Kier molecular flexibility index (Phi) is 8.01. The summed E-state index contributed by atoms with van der Waals surface area (Å²) in [5.41, 5.74) is 6.56. The smallest absolute Gasteiger partial charge is 0.246 e. The lowest BCUT2D eigenvalue weighted by Gasteiger charge is -2.30. The first-order valence-corrected chi connectivity index (χ1v) is 10.0. The van der Waals surface area contributed by atoms with Gasteiger partial charge in [-0.2, -0.15) is 0 Å². The van der Waals surface area contributed by atoms with Crippen molar-refractivity contribution >= 4 is 17.7 Å². The predicted octanol–water partition coefficient (Wildman–Crippen LogP) is 0.790. The summed E-state index contributed by atoms with van der Waals surface area (Å²) in [4.78, 5) is 39.4. The van der Waals surface area contributed by atoms with Crippen LogP contribution < -0.4 is 21.1 Å². The maximum atomic E-state index is 13.1. The first-order chi connectivity index (χ1) is 13.7. The Labute approximate surface area is 172 Å². The second-order valence-corrected chi connectivity index (χ2v) is 7.77. The van der Waals surface area contributed by atoms with Crippen LogP contribution in [0.5, 0.6) is 5.75 Å². The van der Waals surface area contributed by atoms with E-state index in [0.717, 1.165) is 17.7 Å². The average Bonchev–Trinajstić information content (AvgIpc) is 3.19. The minimum absolute atomic E-state index is 0.117. The largest absolute Gasteiger partial charge is 0.497 e. The Morgan fingerprint density at radius 1 is 1.21 bits per heavy atom. The summed E-state index contributed by atoms with van der Waals surface area (Å²) in [6, 6.07) is 5.50. The van der Waals surface area contributed by atoms with Gasteiger partial charge in [0, 0.05) is 13.1 Å². The van der Waals surface area contributed by atoms with Crippen LogP contribution in [-0.2, 0) is 20.9 Å². The van der Waals surface area contributed by atoms with E-state index in [1.807, 2.05) is 38.1 Å². The third-order valence-electron chi connectivity index (χ3n) is 5.11. The summed E-state index contributed by atoms with van der Waals surface area (Å²) in [6.45, 7) is 6.16. The summed E-state index contributed by atoms with van der Waals surface area (Å²) in [6.07, 6.45) is 1.35. The summed E-state index contributed by atoms with van der Waals surface area (Å²) in [5.74, 6) is -0.171. The molecule has 0 saturated carbocycles. The van der Waals surface area contributed by atoms with Gasteiger partial charge in [0.1, 0.15) is 17.8 Å². The second-order valence-electron chi connectivity index (χ2n) is 7.77. The molecule has 3 atom stereocenters. The molecular formula is C21H32N4O4. The van der Waals surface area contributed by atoms with Gasteiger partial charge in [0.15, 0.2) is 0 Å². The van der Waals surface area contributed by atoms with Crippen molar-refractivity contribution in [3.63, 3.8) is 0 Å². The zero-order valence-electron chi connectivity index (χ0n) is 17.6. The van der Waals surface area contributed by atoms with Crippen molar-refractivity contribution in [1.29, 1.82) is 0 Å². The minimum Gasteiger partial charge on any atom is -0.497 e. The van der Waals surface area contributed by atoms with E-state index < -0.39 is 18.1 Å². The van der Waals surface area contributed by atoms with Gasteiger partial charge < -0.3 is 26.0 Å². The van der Waals surface area contributed by atoms with E-state index in [2.05, 4.69) is 10.6 Å². The molecule has 0 aliphatic carbocycles. The van der Waals surface area contributed by atoms with Gasteiger partial charge >= 0.3 is 0 Å². The number of nitrogens with one attached hydrogen (secondary N) is 2. The molecule has 0 bridgehead atoms. The maximum Gasteiger partial charge on any atom is 0.246 e. The van der Waals surface area contributed by atoms with E-state index in [-0.39, 0.29) is 23.6 Å². The molecule has 4 N–H and O–H groups in total. The summed E-state index contributed by atoms with van der Waals surface area (Å²) < 4.78 is 5.13. The van der Waals surface area contributed by atoms with Crippen molar-refractivity contribution in [3.8, 4) is 5.75 Å². The lowest BCUT2D eigenvalue weighted by Crippen LogP contribution is -2.56. The number of likely N-dealkylation sites (tertiary alicyclic amines) is 1. The third kappa shape index (κ3) is 5.93. The zero-order chi connectivity index (χ0) is 21.6. The molecule has 8 nitrogen and oxygen atoms in total. The predicted molar refractivity (Wildman–Crippen MR) is 110 cm³/mol. The molecule has 1 fully saturated rings. The Balaban J connectivity index is 2.01. The van der Waals surface area contributed by atoms with Crippen LogP contribution in [0.4, 0.5) is 0 Å². The molecule has 8 heteroatoms. The Morgan fingerprint density at radius 3 is 2.41 bits per heavy atom. The average molecular weight is 405 g/mol. The highest BCUT2D eigenvalue weighted by molar-refractivity contribution is 5.93. The standard InChI is InChI=1S/C21H32N4O4/c1-13(2)18(24-19(26)14(3)22)21(28)25-11-5-6-17(25)20(27)23-12-15-7-9-16(29-4)10-8-15/h7-10,13-14,17-18H,5-6,11-12,22H2,1-4H3,(H,23,27)(H,24,26)/t14-,17-,18-/m0/s1. The van der Waals surface area contributed by atoms with Crippen LogP contribution in [-0.4, -0.2) is 54.4 Å². The number of carbonyl (C=O) groups excluding carboxylic acids is 3. The van der Waals surface area contributed by atoms with Gasteiger partial charge in [-0.1, -0.05) is 26.0 Å². The third-order valence-corrected chi connectivity index (χ3v) is 5.11. The highest BCUT2D eigenvalue weighted by Gasteiger charge is 2.38. The molecule has 1 saturated heterocycles. The maximum absolute atomic E-state index is 13.1. The van der Waals surface area contributed by atoms with E-state index in [9.17, 15) is 14.4 Å². The van der Waals surface area contributed by atoms with Crippen LogP contribution in [0.1, 0.15) is 39.2 Å². The molecule has 2 rings (SSSR count). The van der Waals surface area contributed by atoms with Gasteiger partial charge in [-0.15, -0.1) is 0 Å². The number of rotatable bonds is 8. The first kappa shape index (κ1) is 22.7. The van der Waals surface area contributed by atoms with Crippen LogP contribution in [0.3, 0.4) is 0 Å². The quantitative estimate of drug-likeness (QED) is 0.593. The minimum atomic E-state index is -0.705. The van der Waals surface area contributed by atoms with Crippen molar-refractivity contribution in [1.82, 2.24) is 15.5 Å². The number of hydrogen-bond donors (Lipinski definition) is 3. The van der Waals surface area contributed by atoms with E-state index in [0.29, 0.717) is 19.5 Å². The number of ether oxygens (including phenoxy) is 1. The molecule has 3 amide bonds. The summed E-state index contributed by atoms with van der Waals surface area (Å²) in [7, 11) is 1.60. The summed E-state index contributed by atoms with van der Waals surface area (Å²) >= 11 is 0. The summed E-state index contributed by atoms with van der Waals surface area (Å²) in [5, 5.41) is 5.63. The Bertz CT molecular complexity index is 718. The van der Waals surface area contributed by atoms with Crippen molar-refractivity contribution in [3.05, 3.63) is 29.8 Å². The lowest BCUT2D eigenvalue weighted by atomic mass is 10.0. The highest BCUT2D eigenvalue weighted by atomic mass is 16.5. The van der Waals surface area contributed by atoms with Gasteiger partial charge in [0.2, 0.25) is 17.7 Å². The molecule has 29 heavy (non-hydrogen) atoms. The van der Waals surface area contributed by atoms with Crippen LogP contribution in [0.25, 0.3) is 0 Å². The van der Waals surface area contributed by atoms with Gasteiger partial charge in [-0.05, 0) is 43.4 Å². The highest BCUT2D eigenvalue weighted by Crippen LogP contribution is 2.21. The SMILES string of the molecule is COc1ccc(CNC(=O)[C@@H]2CCCN2C(=O)[C@@H](NC(=O)[C@H](C)N)C(C)C)cc1. The molecule has 1 aromatic carbocycles. The number of methoxy groups -OCH3 is 1. The van der Waals surface area contributed by atoms with Crippen molar-refractivity contribution in [2.45, 2.75) is 58.3 Å². The first-order valence-electron chi connectivity index (χ1n) is 10.0. The van der Waals surface area contributed by atoms with Crippen LogP contribution >= 0.6 is 0 Å². The molecule has 160 valence electrons. The van der Waals surface area contributed by atoms with E-state index in [1.165, 1.54) is 0 Å². The number of carbonyl (C=O) groups is 3. The van der Waals surface area contributed by atoms with E-state index in [1.54, 1.807) is 18.9 Å². The number of benzene rings is 1. The normalized spacial score (nSPS) is 18.3. The molecule has 1 aliphatic heterocycles. The fourth-order valence-electron chi connectivity index (χ4n) is 3.33. The fourth-order valence-corrected chi connectivity index (χ4v) is 3.33. The van der Waals surface area contributed by atoms with Crippen molar-refractivity contribution < 1.29 is 19.1 Å². The molecule has 0 unspecified atom stereocenters. The van der Waals surface area contributed by atoms with Crippen LogP contribution in [0.2, 0.25) is 0 Å². The van der Waals surface area contributed by atoms with Gasteiger partial charge in [-0.25, -0.2) is 0 Å². The molecular weight excluding hydrogens is 372 g/mol. The number of amides is 3. The fraction of sp³-hybridized carbons (Fsp3) is 0.571. The van der Waals surface area contributed by atoms with Crippen molar-refractivity contribution in [2.24, 2.45) is 11.7 Å². The molecule has 0 aromatic heterocycles. The molecule has 0 radical (unpaired) electrons. The van der Waals surface area contributed by atoms with Gasteiger partial charge in [0.05, 0.1) is 13.2 Å². The Hall–Kier alpha value is -2.61. The molecule has 1 aliphatic rings. The monoisotopic (exact) mass is 404 g/mol. The number of nitrogens with zero attached hydrogens (tertiary/aromatic N) is 1. The number of nitrogens with two attached hydrogens (primary N) is 1. The topological polar surface area (TPSA) is 114 Å². The second kappa shape index (κ2) is 10.2. The zero-order valence-corrected chi connectivity index (χ0v) is 17.6. The number of hydrogen-bond acceptors (Lipinski definition) is 5. The van der Waals surface area contributed by atoms with Crippen molar-refractivity contribution in [2.75, 3.05) is 13.7 Å². The lowest BCUT2D eigenvalue weighted by molar-refractivity contribution is -0.142. The molecule has 1 aromatic rings. The molecule has 1 heterocycles. The van der Waals surface area contributed by atoms with Gasteiger partial charge in [0.25, 0.3) is 0 Å². The van der Waals surface area contributed by atoms with E-state index in [4.69, 9.17) is 10.5 Å².